The van der Waals surface area contributed by atoms with Crippen molar-refractivity contribution in [2.24, 2.45) is 0 Å². The Morgan fingerprint density at radius 2 is 1.97 bits per heavy atom. The summed E-state index contributed by atoms with van der Waals surface area (Å²) in [5, 5.41) is 13.8. The fraction of sp³-hybridized carbons (Fsp3) is 0.250. The van der Waals surface area contributed by atoms with E-state index in [1.54, 1.807) is 43.5 Å². The van der Waals surface area contributed by atoms with Gasteiger partial charge in [0.2, 0.25) is 0 Å². The summed E-state index contributed by atoms with van der Waals surface area (Å²) < 4.78 is 8.84. The van der Waals surface area contributed by atoms with E-state index in [1.807, 2.05) is 30.5 Å². The number of tetrazole rings is 1. The van der Waals surface area contributed by atoms with Crippen LogP contribution in [0.2, 0.25) is 0 Å². The highest BCUT2D eigenvalue weighted by Gasteiger charge is 2.49. The predicted molar refractivity (Wildman–Crippen MR) is 123 cm³/mol. The van der Waals surface area contributed by atoms with E-state index >= 15 is 0 Å². The number of aryl methyl sites for hydroxylation is 1. The van der Waals surface area contributed by atoms with Crippen LogP contribution >= 0.6 is 0 Å². The average molecular weight is 473 g/mol. The van der Waals surface area contributed by atoms with Gasteiger partial charge in [-0.05, 0) is 67.1 Å². The minimum Gasteiger partial charge on any atom is -0.467 e. The Labute approximate surface area is 200 Å². The van der Waals surface area contributed by atoms with Gasteiger partial charge in [0.1, 0.15) is 17.6 Å². The van der Waals surface area contributed by atoms with Gasteiger partial charge in [-0.15, -0.1) is 5.10 Å². The van der Waals surface area contributed by atoms with Crippen molar-refractivity contribution in [2.75, 3.05) is 6.54 Å². The largest absolute Gasteiger partial charge is 0.467 e. The Hall–Kier alpha value is -4.54. The highest BCUT2D eigenvalue weighted by Crippen LogP contribution is 2.30. The monoisotopic (exact) mass is 473 g/mol. The van der Waals surface area contributed by atoms with Gasteiger partial charge in [0.25, 0.3) is 5.91 Å². The lowest BCUT2D eigenvalue weighted by Crippen LogP contribution is -2.41. The van der Waals surface area contributed by atoms with Crippen LogP contribution in [0.15, 0.2) is 59.5 Å². The highest BCUT2D eigenvalue weighted by atomic mass is 16.3. The molecule has 0 bridgehead atoms. The number of rotatable bonds is 7. The number of amides is 3. The second-order valence-electron chi connectivity index (χ2n) is 8.62. The molecule has 1 fully saturated rings. The zero-order valence-electron chi connectivity index (χ0n) is 19.4. The van der Waals surface area contributed by atoms with E-state index in [0.29, 0.717) is 23.4 Å². The van der Waals surface area contributed by atoms with Crippen molar-refractivity contribution in [3.8, 4) is 5.69 Å². The molecule has 1 unspecified atom stereocenters. The van der Waals surface area contributed by atoms with Gasteiger partial charge in [0.15, 0.2) is 5.78 Å². The van der Waals surface area contributed by atoms with Crippen molar-refractivity contribution in [1.29, 1.82) is 0 Å². The summed E-state index contributed by atoms with van der Waals surface area (Å²) in [4.78, 5) is 40.4. The molecule has 3 aromatic heterocycles. The molecule has 0 aliphatic carbocycles. The molecule has 178 valence electrons. The number of hydrogen-bond acceptors (Lipinski definition) is 7. The van der Waals surface area contributed by atoms with Gasteiger partial charge in [-0.25, -0.2) is 9.48 Å². The number of imide groups is 1. The van der Waals surface area contributed by atoms with E-state index in [-0.39, 0.29) is 12.3 Å². The molecule has 0 radical (unpaired) electrons. The van der Waals surface area contributed by atoms with Crippen LogP contribution in [0.4, 0.5) is 4.79 Å². The van der Waals surface area contributed by atoms with Crippen LogP contribution in [0.25, 0.3) is 5.69 Å². The molecule has 5 rings (SSSR count). The molecule has 0 saturated carbocycles. The van der Waals surface area contributed by atoms with Crippen LogP contribution in [0, 0.1) is 13.8 Å². The van der Waals surface area contributed by atoms with E-state index in [9.17, 15) is 14.4 Å². The van der Waals surface area contributed by atoms with E-state index in [4.69, 9.17) is 4.42 Å². The molecule has 1 N–H and O–H groups in total. The lowest BCUT2D eigenvalue weighted by atomic mass is 9.91. The fourth-order valence-electron chi connectivity index (χ4n) is 4.39. The molecule has 1 atom stereocenters. The Kier molecular flexibility index (Phi) is 5.31. The van der Waals surface area contributed by atoms with Crippen molar-refractivity contribution in [3.05, 3.63) is 83.3 Å². The summed E-state index contributed by atoms with van der Waals surface area (Å²) >= 11 is 0. The van der Waals surface area contributed by atoms with Gasteiger partial charge in [0, 0.05) is 17.0 Å². The number of nitrogens with zero attached hydrogens (tertiary/aromatic N) is 6. The topological polar surface area (TPSA) is 128 Å². The third-order valence-electron chi connectivity index (χ3n) is 6.38. The van der Waals surface area contributed by atoms with Crippen LogP contribution in [-0.2, 0) is 16.9 Å². The van der Waals surface area contributed by atoms with Crippen molar-refractivity contribution in [2.45, 2.75) is 32.9 Å². The van der Waals surface area contributed by atoms with Gasteiger partial charge >= 0.3 is 6.03 Å². The molecular weight excluding hydrogens is 450 g/mol. The third-order valence-corrected chi connectivity index (χ3v) is 6.38. The molecule has 1 aliphatic heterocycles. The van der Waals surface area contributed by atoms with Crippen LogP contribution in [-0.4, -0.2) is 53.9 Å². The maximum Gasteiger partial charge on any atom is 0.325 e. The first-order chi connectivity index (χ1) is 16.8. The molecule has 35 heavy (non-hydrogen) atoms. The minimum atomic E-state index is -1.34. The second kappa shape index (κ2) is 8.35. The molecule has 11 heteroatoms. The predicted octanol–water partition coefficient (Wildman–Crippen LogP) is 2.37. The van der Waals surface area contributed by atoms with E-state index in [0.717, 1.165) is 22.0 Å². The smallest absolute Gasteiger partial charge is 0.325 e. The lowest BCUT2D eigenvalue weighted by Gasteiger charge is -2.22. The van der Waals surface area contributed by atoms with Crippen molar-refractivity contribution in [3.63, 3.8) is 0 Å². The summed E-state index contributed by atoms with van der Waals surface area (Å²) in [5.41, 5.74) is 1.93. The quantitative estimate of drug-likeness (QED) is 0.322. The van der Waals surface area contributed by atoms with Crippen LogP contribution in [0.3, 0.4) is 0 Å². The van der Waals surface area contributed by atoms with Crippen LogP contribution in [0.1, 0.15) is 40.0 Å². The number of benzene rings is 1. The summed E-state index contributed by atoms with van der Waals surface area (Å²) in [6, 6.07) is 11.8. The van der Waals surface area contributed by atoms with Crippen molar-refractivity contribution >= 4 is 17.7 Å². The minimum absolute atomic E-state index is 0.320. The standard InChI is InChI=1S/C24H23N7O4/c1-15-10-20(16(2)29(15)12-19-8-5-9-35-19)21(32)13-30-22(33)24(3,26-23(30)34)17-6-4-7-18(11-17)31-14-25-27-28-31/h4-11,14H,12-13H2,1-3H3,(H,26,34). The zero-order chi connectivity index (χ0) is 24.7. The maximum atomic E-state index is 13.4. The molecule has 0 spiro atoms. The molecular formula is C24H23N7O4. The Bertz CT molecular complexity index is 1420. The average Bonchev–Trinajstić information content (AvgIpc) is 3.64. The zero-order valence-corrected chi connectivity index (χ0v) is 19.4. The van der Waals surface area contributed by atoms with E-state index in [2.05, 4.69) is 20.8 Å². The first-order valence-corrected chi connectivity index (χ1v) is 11.0. The number of carbonyl (C=O) groups is 3. The first kappa shape index (κ1) is 22.3. The normalized spacial score (nSPS) is 17.7. The Morgan fingerprint density at radius 3 is 2.69 bits per heavy atom. The molecule has 1 aromatic carbocycles. The Balaban J connectivity index is 1.38. The molecule has 11 nitrogen and oxygen atoms in total. The molecule has 4 heterocycles. The van der Waals surface area contributed by atoms with Gasteiger partial charge in [0.05, 0.1) is 25.0 Å². The van der Waals surface area contributed by atoms with Crippen molar-refractivity contribution in [1.82, 2.24) is 35.0 Å². The lowest BCUT2D eigenvalue weighted by molar-refractivity contribution is -0.130. The highest BCUT2D eigenvalue weighted by molar-refractivity contribution is 6.11. The molecule has 1 saturated heterocycles. The maximum absolute atomic E-state index is 13.4. The van der Waals surface area contributed by atoms with Gasteiger partial charge < -0.3 is 14.3 Å². The summed E-state index contributed by atoms with van der Waals surface area (Å²) in [5.74, 6) is -0.0623. The third kappa shape index (κ3) is 3.80. The number of aromatic nitrogens is 5. The number of urea groups is 1. The fourth-order valence-corrected chi connectivity index (χ4v) is 4.39. The van der Waals surface area contributed by atoms with Crippen LogP contribution in [0.5, 0.6) is 0 Å². The SMILES string of the molecule is Cc1cc(C(=O)CN2C(=O)NC(C)(c3cccc(-n4cnnn4)c3)C2=O)c(C)n1Cc1ccco1. The van der Waals surface area contributed by atoms with E-state index < -0.39 is 17.5 Å². The van der Waals surface area contributed by atoms with Gasteiger partial charge in [-0.3, -0.25) is 14.5 Å². The summed E-state index contributed by atoms with van der Waals surface area (Å²) in [6.07, 6.45) is 3.03. The van der Waals surface area contributed by atoms with Crippen LogP contribution < -0.4 is 5.32 Å². The number of carbonyl (C=O) groups excluding carboxylic acids is 3. The molecule has 3 amide bonds. The van der Waals surface area contributed by atoms with Gasteiger partial charge in [-0.2, -0.15) is 0 Å². The molecule has 4 aromatic rings. The van der Waals surface area contributed by atoms with E-state index in [1.165, 1.54) is 11.0 Å². The number of furan rings is 1. The number of ketones is 1. The first-order valence-electron chi connectivity index (χ1n) is 11.0. The second-order valence-corrected chi connectivity index (χ2v) is 8.62. The Morgan fingerprint density at radius 1 is 1.14 bits per heavy atom. The number of Topliss-reactive ketones (excluding diaryl/α,β-unsaturated/α-hetero) is 1. The van der Waals surface area contributed by atoms with Gasteiger partial charge in [-0.1, -0.05) is 12.1 Å². The van der Waals surface area contributed by atoms with Crippen molar-refractivity contribution < 1.29 is 18.8 Å². The summed E-state index contributed by atoms with van der Waals surface area (Å²) in [6.45, 7) is 5.47. The summed E-state index contributed by atoms with van der Waals surface area (Å²) in [7, 11) is 0. The molecule has 1 aliphatic rings. The number of nitrogens with one attached hydrogen (secondary N) is 1. The number of hydrogen-bond donors (Lipinski definition) is 1.